The second kappa shape index (κ2) is 4.14. The molecule has 0 heterocycles. The Morgan fingerprint density at radius 3 is 2.50 bits per heavy atom. The molecule has 0 spiro atoms. The molecule has 0 aliphatic heterocycles. The number of aldehydes is 1. The SMILES string of the molecule is CNC(=O)c1cccc2cccc(C=O)c12. The van der Waals surface area contributed by atoms with Crippen molar-refractivity contribution < 1.29 is 9.59 Å². The molecule has 2 aromatic rings. The third-order valence-corrected chi connectivity index (χ3v) is 2.54. The van der Waals surface area contributed by atoms with Gasteiger partial charge in [-0.25, -0.2) is 0 Å². The van der Waals surface area contributed by atoms with Crippen LogP contribution in [0.5, 0.6) is 0 Å². The Labute approximate surface area is 93.1 Å². The summed E-state index contributed by atoms with van der Waals surface area (Å²) >= 11 is 0. The van der Waals surface area contributed by atoms with Crippen LogP contribution in [0.25, 0.3) is 10.8 Å². The van der Waals surface area contributed by atoms with Crippen LogP contribution in [0.4, 0.5) is 0 Å². The predicted octanol–water partition coefficient (Wildman–Crippen LogP) is 2.01. The average molecular weight is 213 g/mol. The quantitative estimate of drug-likeness (QED) is 0.776. The van der Waals surface area contributed by atoms with Crippen molar-refractivity contribution in [2.75, 3.05) is 7.05 Å². The van der Waals surface area contributed by atoms with Crippen molar-refractivity contribution in [1.82, 2.24) is 5.32 Å². The van der Waals surface area contributed by atoms with E-state index in [2.05, 4.69) is 5.32 Å². The fourth-order valence-corrected chi connectivity index (χ4v) is 1.79. The number of hydrogen-bond donors (Lipinski definition) is 1. The van der Waals surface area contributed by atoms with Crippen LogP contribution in [0, 0.1) is 0 Å². The van der Waals surface area contributed by atoms with Gasteiger partial charge in [0.2, 0.25) is 0 Å². The normalized spacial score (nSPS) is 10.1. The molecule has 3 heteroatoms. The maximum Gasteiger partial charge on any atom is 0.251 e. The van der Waals surface area contributed by atoms with Gasteiger partial charge in [0, 0.05) is 23.6 Å². The largest absolute Gasteiger partial charge is 0.355 e. The molecular weight excluding hydrogens is 202 g/mol. The lowest BCUT2D eigenvalue weighted by Crippen LogP contribution is -2.18. The molecule has 0 saturated carbocycles. The molecule has 0 saturated heterocycles. The summed E-state index contributed by atoms with van der Waals surface area (Å²) in [6, 6.07) is 10.8. The first-order valence-electron chi connectivity index (χ1n) is 4.97. The zero-order chi connectivity index (χ0) is 11.5. The van der Waals surface area contributed by atoms with Crippen molar-refractivity contribution in [3.63, 3.8) is 0 Å². The highest BCUT2D eigenvalue weighted by atomic mass is 16.1. The zero-order valence-electron chi connectivity index (χ0n) is 8.86. The van der Waals surface area contributed by atoms with Gasteiger partial charge in [-0.2, -0.15) is 0 Å². The van der Waals surface area contributed by atoms with E-state index in [0.29, 0.717) is 16.5 Å². The molecule has 1 amide bonds. The number of carbonyl (C=O) groups excluding carboxylic acids is 2. The van der Waals surface area contributed by atoms with E-state index in [4.69, 9.17) is 0 Å². The van der Waals surface area contributed by atoms with Crippen molar-refractivity contribution >= 4 is 23.0 Å². The van der Waals surface area contributed by atoms with Crippen LogP contribution in [-0.2, 0) is 0 Å². The van der Waals surface area contributed by atoms with Gasteiger partial charge in [0.1, 0.15) is 0 Å². The Morgan fingerprint density at radius 2 is 1.88 bits per heavy atom. The van der Waals surface area contributed by atoms with E-state index in [9.17, 15) is 9.59 Å². The highest BCUT2D eigenvalue weighted by molar-refractivity contribution is 6.12. The summed E-state index contributed by atoms with van der Waals surface area (Å²) in [6.07, 6.45) is 0.773. The van der Waals surface area contributed by atoms with Gasteiger partial charge in [-0.05, 0) is 11.5 Å². The lowest BCUT2D eigenvalue weighted by atomic mass is 9.99. The van der Waals surface area contributed by atoms with Crippen molar-refractivity contribution in [2.24, 2.45) is 0 Å². The second-order valence-electron chi connectivity index (χ2n) is 3.45. The molecule has 16 heavy (non-hydrogen) atoms. The number of amides is 1. The standard InChI is InChI=1S/C13H11NO2/c1-14-13(16)11-7-3-5-9-4-2-6-10(8-15)12(9)11/h2-8H,1H3,(H,14,16). The predicted molar refractivity (Wildman–Crippen MR) is 62.7 cm³/mol. The maximum atomic E-state index is 11.7. The number of rotatable bonds is 2. The third kappa shape index (κ3) is 1.56. The summed E-state index contributed by atoms with van der Waals surface area (Å²) in [5, 5.41) is 4.17. The first-order valence-corrected chi connectivity index (χ1v) is 4.97. The van der Waals surface area contributed by atoms with Crippen LogP contribution in [0.1, 0.15) is 20.7 Å². The van der Waals surface area contributed by atoms with Gasteiger partial charge in [0.05, 0.1) is 0 Å². The zero-order valence-corrected chi connectivity index (χ0v) is 8.86. The van der Waals surface area contributed by atoms with Gasteiger partial charge in [-0.3, -0.25) is 9.59 Å². The molecule has 0 unspecified atom stereocenters. The summed E-state index contributed by atoms with van der Waals surface area (Å²) in [7, 11) is 1.57. The van der Waals surface area contributed by atoms with Crippen LogP contribution < -0.4 is 5.32 Å². The summed E-state index contributed by atoms with van der Waals surface area (Å²) < 4.78 is 0. The smallest absolute Gasteiger partial charge is 0.251 e. The number of carbonyl (C=O) groups is 2. The number of hydrogen-bond acceptors (Lipinski definition) is 2. The molecule has 2 aromatic carbocycles. The second-order valence-corrected chi connectivity index (χ2v) is 3.45. The van der Waals surface area contributed by atoms with Crippen LogP contribution in [-0.4, -0.2) is 19.2 Å². The Morgan fingerprint density at radius 1 is 1.19 bits per heavy atom. The van der Waals surface area contributed by atoms with Crippen molar-refractivity contribution in [3.05, 3.63) is 47.5 Å². The molecule has 0 atom stereocenters. The molecule has 3 nitrogen and oxygen atoms in total. The minimum absolute atomic E-state index is 0.181. The molecule has 0 aliphatic carbocycles. The summed E-state index contributed by atoms with van der Waals surface area (Å²) in [5.74, 6) is -0.181. The van der Waals surface area contributed by atoms with E-state index in [1.807, 2.05) is 18.2 Å². The van der Waals surface area contributed by atoms with Gasteiger partial charge in [0.15, 0.2) is 6.29 Å². The van der Waals surface area contributed by atoms with E-state index in [0.717, 1.165) is 11.7 Å². The summed E-state index contributed by atoms with van der Waals surface area (Å²) in [5.41, 5.74) is 1.07. The molecular formula is C13H11NO2. The number of fused-ring (bicyclic) bond motifs is 1. The van der Waals surface area contributed by atoms with Crippen LogP contribution in [0.15, 0.2) is 36.4 Å². The average Bonchev–Trinajstić information content (AvgIpc) is 2.36. The Hall–Kier alpha value is -2.16. The minimum Gasteiger partial charge on any atom is -0.355 e. The monoisotopic (exact) mass is 213 g/mol. The maximum absolute atomic E-state index is 11.7. The molecule has 0 aromatic heterocycles. The van der Waals surface area contributed by atoms with Crippen LogP contribution in [0.3, 0.4) is 0 Å². The molecule has 1 N–H and O–H groups in total. The minimum atomic E-state index is -0.181. The first kappa shape index (κ1) is 10.4. The van der Waals surface area contributed by atoms with Gasteiger partial charge < -0.3 is 5.32 Å². The van der Waals surface area contributed by atoms with E-state index in [1.165, 1.54) is 0 Å². The molecule has 0 fully saturated rings. The van der Waals surface area contributed by atoms with E-state index in [1.54, 1.807) is 25.2 Å². The number of benzene rings is 2. The van der Waals surface area contributed by atoms with Gasteiger partial charge in [0.25, 0.3) is 5.91 Å². The van der Waals surface area contributed by atoms with Crippen molar-refractivity contribution in [3.8, 4) is 0 Å². The highest BCUT2D eigenvalue weighted by Gasteiger charge is 2.10. The third-order valence-electron chi connectivity index (χ3n) is 2.54. The lowest BCUT2D eigenvalue weighted by Gasteiger charge is -2.06. The van der Waals surface area contributed by atoms with Gasteiger partial charge in [-0.1, -0.05) is 30.3 Å². The highest BCUT2D eigenvalue weighted by Crippen LogP contribution is 2.21. The van der Waals surface area contributed by atoms with Crippen molar-refractivity contribution in [2.45, 2.75) is 0 Å². The van der Waals surface area contributed by atoms with Gasteiger partial charge >= 0.3 is 0 Å². The summed E-state index contributed by atoms with van der Waals surface area (Å²) in [4.78, 5) is 22.6. The van der Waals surface area contributed by atoms with Gasteiger partial charge in [-0.15, -0.1) is 0 Å². The number of nitrogens with one attached hydrogen (secondary N) is 1. The Balaban J connectivity index is 2.83. The fourth-order valence-electron chi connectivity index (χ4n) is 1.79. The van der Waals surface area contributed by atoms with E-state index in [-0.39, 0.29) is 5.91 Å². The first-order chi connectivity index (χ1) is 7.77. The Kier molecular flexibility index (Phi) is 2.68. The molecule has 0 radical (unpaired) electrons. The topological polar surface area (TPSA) is 46.2 Å². The van der Waals surface area contributed by atoms with E-state index >= 15 is 0 Å². The van der Waals surface area contributed by atoms with Crippen molar-refractivity contribution in [1.29, 1.82) is 0 Å². The van der Waals surface area contributed by atoms with Crippen LogP contribution in [0.2, 0.25) is 0 Å². The molecule has 0 bridgehead atoms. The molecule has 80 valence electrons. The summed E-state index contributed by atoms with van der Waals surface area (Å²) in [6.45, 7) is 0. The van der Waals surface area contributed by atoms with E-state index < -0.39 is 0 Å². The Bertz CT molecular complexity index is 556. The lowest BCUT2D eigenvalue weighted by molar-refractivity contribution is 0.0964. The fraction of sp³-hybridized carbons (Fsp3) is 0.0769. The molecule has 0 aliphatic rings. The van der Waals surface area contributed by atoms with Crippen LogP contribution >= 0.6 is 0 Å². The molecule has 2 rings (SSSR count).